The standard InChI is InChI=1S/C29H58NO8P/c1-5-6-7-8-9-10-11-12-13-14-15-16-17-19-23-35-26-28(36-24-20-18-21-29(31)32)27-38-39(33,34)37-25-22-30(2,3)4/h10-11,28H,5-9,12-27H2,1-4H3,(H-,31,32,33,34)/p+1/t28-/m1/s1. The third kappa shape index (κ3) is 30.0. The molecule has 0 aromatic rings. The van der Waals surface area contributed by atoms with E-state index < -0.39 is 19.9 Å². The number of phosphoric acid groups is 1. The van der Waals surface area contributed by atoms with Gasteiger partial charge >= 0.3 is 13.8 Å². The van der Waals surface area contributed by atoms with Crippen molar-refractivity contribution in [3.05, 3.63) is 12.2 Å². The first-order valence-electron chi connectivity index (χ1n) is 15.0. The predicted molar refractivity (Wildman–Crippen MR) is 157 cm³/mol. The van der Waals surface area contributed by atoms with E-state index in [0.29, 0.717) is 37.1 Å². The van der Waals surface area contributed by atoms with E-state index in [2.05, 4.69) is 19.1 Å². The number of rotatable bonds is 29. The van der Waals surface area contributed by atoms with E-state index in [1.54, 1.807) is 0 Å². The summed E-state index contributed by atoms with van der Waals surface area (Å²) in [7, 11) is 1.70. The number of carbonyl (C=O) groups is 1. The third-order valence-electron chi connectivity index (χ3n) is 6.18. The molecule has 0 radical (unpaired) electrons. The van der Waals surface area contributed by atoms with Gasteiger partial charge in [0.25, 0.3) is 0 Å². The maximum absolute atomic E-state index is 12.2. The second-order valence-corrected chi connectivity index (χ2v) is 12.7. The average molecular weight is 581 g/mol. The van der Waals surface area contributed by atoms with Gasteiger partial charge in [-0.05, 0) is 44.9 Å². The number of carboxylic acid groups (broad SMARTS) is 1. The van der Waals surface area contributed by atoms with Gasteiger partial charge in [0.15, 0.2) is 0 Å². The first-order valence-corrected chi connectivity index (χ1v) is 16.5. The monoisotopic (exact) mass is 580 g/mol. The van der Waals surface area contributed by atoms with Crippen LogP contribution in [0.1, 0.15) is 103 Å². The van der Waals surface area contributed by atoms with Gasteiger partial charge in [-0.1, -0.05) is 64.0 Å². The number of nitrogens with zero attached hydrogens (tertiary/aromatic N) is 1. The van der Waals surface area contributed by atoms with Gasteiger partial charge in [0.05, 0.1) is 34.4 Å². The van der Waals surface area contributed by atoms with E-state index >= 15 is 0 Å². The third-order valence-corrected chi connectivity index (χ3v) is 7.17. The van der Waals surface area contributed by atoms with Crippen LogP contribution in [0.3, 0.4) is 0 Å². The molecule has 10 heteroatoms. The molecule has 0 aromatic carbocycles. The van der Waals surface area contributed by atoms with Crippen LogP contribution in [-0.4, -0.2) is 87.3 Å². The number of carboxylic acids is 1. The number of ether oxygens (including phenoxy) is 2. The quantitative estimate of drug-likeness (QED) is 0.0433. The van der Waals surface area contributed by atoms with Crippen LogP contribution >= 0.6 is 7.82 Å². The molecule has 0 saturated heterocycles. The van der Waals surface area contributed by atoms with E-state index in [4.69, 9.17) is 23.6 Å². The van der Waals surface area contributed by atoms with Gasteiger partial charge in [-0.2, -0.15) is 0 Å². The molecule has 0 rings (SSSR count). The predicted octanol–water partition coefficient (Wildman–Crippen LogP) is 6.74. The molecule has 0 heterocycles. The molecular weight excluding hydrogens is 521 g/mol. The lowest BCUT2D eigenvalue weighted by molar-refractivity contribution is -0.870. The Labute approximate surface area is 238 Å². The van der Waals surface area contributed by atoms with Gasteiger partial charge in [0, 0.05) is 19.6 Å². The van der Waals surface area contributed by atoms with Crippen molar-refractivity contribution >= 4 is 13.8 Å². The van der Waals surface area contributed by atoms with Crippen molar-refractivity contribution in [2.24, 2.45) is 0 Å². The van der Waals surface area contributed by atoms with Crippen molar-refractivity contribution in [3.8, 4) is 0 Å². The second-order valence-electron chi connectivity index (χ2n) is 11.3. The summed E-state index contributed by atoms with van der Waals surface area (Å²) in [5.74, 6) is -0.838. The summed E-state index contributed by atoms with van der Waals surface area (Å²) in [6.07, 6.45) is 20.0. The minimum Gasteiger partial charge on any atom is -0.481 e. The van der Waals surface area contributed by atoms with E-state index in [-0.39, 0.29) is 26.2 Å². The molecule has 9 nitrogen and oxygen atoms in total. The Morgan fingerprint density at radius 3 is 2.00 bits per heavy atom. The maximum Gasteiger partial charge on any atom is 0.472 e. The van der Waals surface area contributed by atoms with Crippen molar-refractivity contribution in [1.82, 2.24) is 0 Å². The normalized spacial score (nSPS) is 14.6. The molecule has 39 heavy (non-hydrogen) atoms. The molecule has 2 atom stereocenters. The fourth-order valence-corrected chi connectivity index (χ4v) is 4.47. The van der Waals surface area contributed by atoms with E-state index in [1.165, 1.54) is 64.2 Å². The largest absolute Gasteiger partial charge is 0.481 e. The van der Waals surface area contributed by atoms with Crippen LogP contribution in [0.4, 0.5) is 0 Å². The molecule has 0 amide bonds. The Morgan fingerprint density at radius 1 is 0.795 bits per heavy atom. The van der Waals surface area contributed by atoms with E-state index in [1.807, 2.05) is 21.1 Å². The lowest BCUT2D eigenvalue weighted by atomic mass is 10.1. The highest BCUT2D eigenvalue weighted by atomic mass is 31.2. The van der Waals surface area contributed by atoms with Crippen molar-refractivity contribution in [1.29, 1.82) is 0 Å². The summed E-state index contributed by atoms with van der Waals surface area (Å²) >= 11 is 0. The first kappa shape index (κ1) is 38.2. The van der Waals surface area contributed by atoms with Gasteiger partial charge in [-0.25, -0.2) is 4.57 Å². The Kier molecular flexibility index (Phi) is 24.4. The molecule has 0 spiro atoms. The summed E-state index contributed by atoms with van der Waals surface area (Å²) in [5.41, 5.74) is 0. The molecule has 1 unspecified atom stereocenters. The lowest BCUT2D eigenvalue weighted by Gasteiger charge is -2.24. The van der Waals surface area contributed by atoms with Crippen LogP contribution < -0.4 is 0 Å². The van der Waals surface area contributed by atoms with Gasteiger partial charge in [0.2, 0.25) is 0 Å². The molecule has 0 aliphatic carbocycles. The fraction of sp³-hybridized carbons (Fsp3) is 0.897. The topological polar surface area (TPSA) is 112 Å². The minimum absolute atomic E-state index is 0.0861. The molecule has 0 aliphatic heterocycles. The van der Waals surface area contributed by atoms with E-state index in [9.17, 15) is 14.3 Å². The van der Waals surface area contributed by atoms with Crippen LogP contribution in [0.25, 0.3) is 0 Å². The van der Waals surface area contributed by atoms with Crippen LogP contribution in [-0.2, 0) is 27.9 Å². The summed E-state index contributed by atoms with van der Waals surface area (Å²) in [4.78, 5) is 20.7. The molecule has 0 fully saturated rings. The zero-order valence-electron chi connectivity index (χ0n) is 25.3. The summed E-state index contributed by atoms with van der Waals surface area (Å²) in [6, 6.07) is 0. The Morgan fingerprint density at radius 2 is 1.38 bits per heavy atom. The average Bonchev–Trinajstić information content (AvgIpc) is 2.85. The van der Waals surface area contributed by atoms with Gasteiger partial charge < -0.3 is 24.0 Å². The molecular formula is C29H59NO8P+. The van der Waals surface area contributed by atoms with Crippen LogP contribution in [0.5, 0.6) is 0 Å². The van der Waals surface area contributed by atoms with Crippen LogP contribution in [0, 0.1) is 0 Å². The number of hydrogen-bond acceptors (Lipinski definition) is 6. The highest BCUT2D eigenvalue weighted by molar-refractivity contribution is 7.47. The minimum atomic E-state index is -4.19. The zero-order valence-corrected chi connectivity index (χ0v) is 26.2. The van der Waals surface area contributed by atoms with Gasteiger partial charge in [-0.3, -0.25) is 13.8 Å². The summed E-state index contributed by atoms with van der Waals surface area (Å²) in [6.45, 7) is 3.94. The number of hydrogen-bond donors (Lipinski definition) is 2. The Hall–Kier alpha value is -0.800. The number of likely N-dealkylation sites (N-methyl/N-ethyl adjacent to an activating group) is 1. The zero-order chi connectivity index (χ0) is 29.2. The van der Waals surface area contributed by atoms with Crippen molar-refractivity contribution in [2.45, 2.75) is 109 Å². The molecule has 0 bridgehead atoms. The summed E-state index contributed by atoms with van der Waals surface area (Å²) in [5, 5.41) is 8.77. The molecule has 0 saturated carbocycles. The van der Waals surface area contributed by atoms with Crippen LogP contribution in [0.15, 0.2) is 12.2 Å². The Bertz CT molecular complexity index is 654. The maximum atomic E-state index is 12.2. The van der Waals surface area contributed by atoms with Crippen molar-refractivity contribution in [2.75, 3.05) is 60.7 Å². The van der Waals surface area contributed by atoms with Crippen LogP contribution in [0.2, 0.25) is 0 Å². The number of quaternary nitrogens is 1. The highest BCUT2D eigenvalue weighted by Gasteiger charge is 2.25. The number of unbranched alkanes of at least 4 members (excludes halogenated alkanes) is 11. The van der Waals surface area contributed by atoms with E-state index in [0.717, 1.165) is 12.8 Å². The molecule has 232 valence electrons. The number of phosphoric ester groups is 1. The first-order chi connectivity index (χ1) is 18.6. The lowest BCUT2D eigenvalue weighted by Crippen LogP contribution is -2.37. The SMILES string of the molecule is CCCCCCC=CCCCCCCCCOC[C@H](COP(=O)(O)OCC[N+](C)(C)C)OCCCCC(=O)O. The molecule has 2 N–H and O–H groups in total. The second kappa shape index (κ2) is 25.0. The van der Waals surface area contributed by atoms with Gasteiger partial charge in [0.1, 0.15) is 19.3 Å². The summed E-state index contributed by atoms with van der Waals surface area (Å²) < 4.78 is 34.6. The van der Waals surface area contributed by atoms with Crippen molar-refractivity contribution < 1.29 is 42.4 Å². The number of allylic oxidation sites excluding steroid dienone is 2. The molecule has 0 aliphatic rings. The van der Waals surface area contributed by atoms with Crippen molar-refractivity contribution in [3.63, 3.8) is 0 Å². The fourth-order valence-electron chi connectivity index (χ4n) is 3.73. The smallest absolute Gasteiger partial charge is 0.472 e. The Balaban J connectivity index is 4.07. The molecule has 0 aromatic heterocycles. The van der Waals surface area contributed by atoms with Gasteiger partial charge in [-0.15, -0.1) is 0 Å². The number of aliphatic carboxylic acids is 1. The highest BCUT2D eigenvalue weighted by Crippen LogP contribution is 2.43.